The molecule has 2 unspecified atom stereocenters. The smallest absolute Gasteiger partial charge is 0.0451 e. The van der Waals surface area contributed by atoms with E-state index in [9.17, 15) is 0 Å². The van der Waals surface area contributed by atoms with Gasteiger partial charge in [0.1, 0.15) is 0 Å². The van der Waals surface area contributed by atoms with Crippen molar-refractivity contribution in [3.63, 3.8) is 0 Å². The highest BCUT2D eigenvalue weighted by atomic mass is 35.5. The third-order valence-corrected chi connectivity index (χ3v) is 4.06. The van der Waals surface area contributed by atoms with Crippen molar-refractivity contribution in [2.24, 2.45) is 5.92 Å². The largest absolute Gasteiger partial charge is 0.313 e. The minimum atomic E-state index is 0.626. The van der Waals surface area contributed by atoms with Gasteiger partial charge in [0.25, 0.3) is 0 Å². The Bertz CT molecular complexity index is 381. The molecule has 0 aliphatic carbocycles. The van der Waals surface area contributed by atoms with E-state index in [1.165, 1.54) is 18.4 Å². The first kappa shape index (κ1) is 13.9. The Labute approximate surface area is 115 Å². The quantitative estimate of drug-likeness (QED) is 0.901. The number of nitrogens with one attached hydrogen (secondary N) is 1. The minimum absolute atomic E-state index is 0.626. The van der Waals surface area contributed by atoms with Crippen molar-refractivity contribution in [2.75, 3.05) is 20.1 Å². The van der Waals surface area contributed by atoms with Gasteiger partial charge in [0, 0.05) is 24.2 Å². The van der Waals surface area contributed by atoms with Crippen molar-refractivity contribution in [3.8, 4) is 0 Å². The molecule has 1 aliphatic rings. The van der Waals surface area contributed by atoms with E-state index in [0.29, 0.717) is 6.04 Å². The van der Waals surface area contributed by atoms with Crippen molar-refractivity contribution in [1.29, 1.82) is 0 Å². The van der Waals surface area contributed by atoms with Crippen LogP contribution in [0.1, 0.15) is 25.3 Å². The van der Waals surface area contributed by atoms with E-state index in [1.807, 2.05) is 12.1 Å². The van der Waals surface area contributed by atoms with E-state index in [4.69, 9.17) is 11.6 Å². The molecule has 2 rings (SSSR count). The average Bonchev–Trinajstić information content (AvgIpc) is 2.32. The summed E-state index contributed by atoms with van der Waals surface area (Å²) in [5.41, 5.74) is 1.21. The van der Waals surface area contributed by atoms with Crippen LogP contribution in [0.5, 0.6) is 0 Å². The van der Waals surface area contributed by atoms with Crippen LogP contribution in [-0.2, 0) is 6.54 Å². The number of piperidine rings is 1. The molecule has 0 amide bonds. The van der Waals surface area contributed by atoms with Crippen molar-refractivity contribution in [3.05, 3.63) is 34.9 Å². The third kappa shape index (κ3) is 3.98. The number of hydrogen-bond donors (Lipinski definition) is 1. The molecule has 0 aromatic heterocycles. The summed E-state index contributed by atoms with van der Waals surface area (Å²) in [6.45, 7) is 5.52. The molecule has 0 radical (unpaired) electrons. The maximum atomic E-state index is 6.19. The lowest BCUT2D eigenvalue weighted by atomic mass is 9.94. The summed E-state index contributed by atoms with van der Waals surface area (Å²) in [6.07, 6.45) is 2.59. The zero-order valence-electron chi connectivity index (χ0n) is 11.3. The van der Waals surface area contributed by atoms with Crippen molar-refractivity contribution >= 4 is 11.6 Å². The van der Waals surface area contributed by atoms with Crippen LogP contribution in [0.4, 0.5) is 0 Å². The Kier molecular flexibility index (Phi) is 5.04. The molecular formula is C15H23ClN2. The third-order valence-electron chi connectivity index (χ3n) is 3.69. The average molecular weight is 267 g/mol. The molecule has 1 saturated heterocycles. The lowest BCUT2D eigenvalue weighted by Gasteiger charge is -2.31. The second-order valence-corrected chi connectivity index (χ2v) is 5.98. The number of hydrogen-bond acceptors (Lipinski definition) is 2. The van der Waals surface area contributed by atoms with E-state index in [1.54, 1.807) is 0 Å². The lowest BCUT2D eigenvalue weighted by molar-refractivity contribution is 0.230. The summed E-state index contributed by atoms with van der Waals surface area (Å²) >= 11 is 6.19. The monoisotopic (exact) mass is 266 g/mol. The molecule has 1 aromatic rings. The van der Waals surface area contributed by atoms with Gasteiger partial charge in [-0.05, 0) is 44.0 Å². The Hall–Kier alpha value is -0.570. The van der Waals surface area contributed by atoms with Crippen LogP contribution in [-0.4, -0.2) is 31.1 Å². The number of rotatable bonds is 4. The van der Waals surface area contributed by atoms with E-state index in [2.05, 4.69) is 36.3 Å². The number of likely N-dealkylation sites (N-methyl/N-ethyl adjacent to an activating group) is 1. The SMILES string of the molecule is CC1CCNC(CN(C)Cc2ccccc2Cl)C1. The van der Waals surface area contributed by atoms with E-state index in [-0.39, 0.29) is 0 Å². The molecule has 1 heterocycles. The molecule has 0 spiro atoms. The Morgan fingerprint density at radius 3 is 2.89 bits per heavy atom. The van der Waals surface area contributed by atoms with Gasteiger partial charge in [-0.3, -0.25) is 0 Å². The van der Waals surface area contributed by atoms with E-state index >= 15 is 0 Å². The summed E-state index contributed by atoms with van der Waals surface area (Å²) < 4.78 is 0. The van der Waals surface area contributed by atoms with Crippen LogP contribution in [0.3, 0.4) is 0 Å². The van der Waals surface area contributed by atoms with Crippen LogP contribution in [0, 0.1) is 5.92 Å². The fourth-order valence-electron chi connectivity index (χ4n) is 2.72. The van der Waals surface area contributed by atoms with Crippen molar-refractivity contribution < 1.29 is 0 Å². The Morgan fingerprint density at radius 2 is 2.17 bits per heavy atom. The maximum absolute atomic E-state index is 6.19. The van der Waals surface area contributed by atoms with Gasteiger partial charge >= 0.3 is 0 Å². The molecule has 1 aliphatic heterocycles. The van der Waals surface area contributed by atoms with Crippen LogP contribution < -0.4 is 5.32 Å². The molecule has 2 nitrogen and oxygen atoms in total. The summed E-state index contributed by atoms with van der Waals surface area (Å²) in [4.78, 5) is 2.36. The van der Waals surface area contributed by atoms with Gasteiger partial charge in [-0.15, -0.1) is 0 Å². The second kappa shape index (κ2) is 6.55. The van der Waals surface area contributed by atoms with Crippen LogP contribution in [0.15, 0.2) is 24.3 Å². The fourth-order valence-corrected chi connectivity index (χ4v) is 2.91. The highest BCUT2D eigenvalue weighted by Crippen LogP contribution is 2.18. The summed E-state index contributed by atoms with van der Waals surface area (Å²) in [6, 6.07) is 8.73. The zero-order chi connectivity index (χ0) is 13.0. The first-order valence-corrected chi connectivity index (χ1v) is 7.18. The van der Waals surface area contributed by atoms with Gasteiger partial charge in [0.15, 0.2) is 0 Å². The van der Waals surface area contributed by atoms with Crippen molar-refractivity contribution in [2.45, 2.75) is 32.4 Å². The molecule has 3 heteroatoms. The Morgan fingerprint density at radius 1 is 1.39 bits per heavy atom. The zero-order valence-corrected chi connectivity index (χ0v) is 12.1. The van der Waals surface area contributed by atoms with Gasteiger partial charge < -0.3 is 10.2 Å². The highest BCUT2D eigenvalue weighted by molar-refractivity contribution is 6.31. The first-order valence-electron chi connectivity index (χ1n) is 6.80. The lowest BCUT2D eigenvalue weighted by Crippen LogP contribution is -2.44. The predicted octanol–water partition coefficient (Wildman–Crippen LogP) is 3.16. The normalized spacial score (nSPS) is 24.4. The molecule has 18 heavy (non-hydrogen) atoms. The first-order chi connectivity index (χ1) is 8.65. The van der Waals surface area contributed by atoms with Gasteiger partial charge in [-0.2, -0.15) is 0 Å². The van der Waals surface area contributed by atoms with Gasteiger partial charge in [-0.25, -0.2) is 0 Å². The number of benzene rings is 1. The molecule has 1 aromatic carbocycles. The summed E-state index contributed by atoms with van der Waals surface area (Å²) in [5, 5.41) is 4.48. The molecule has 1 fully saturated rings. The van der Waals surface area contributed by atoms with Crippen LogP contribution in [0.25, 0.3) is 0 Å². The fraction of sp³-hybridized carbons (Fsp3) is 0.600. The molecule has 0 saturated carbocycles. The van der Waals surface area contributed by atoms with Crippen LogP contribution in [0.2, 0.25) is 5.02 Å². The van der Waals surface area contributed by atoms with Gasteiger partial charge in [-0.1, -0.05) is 36.7 Å². The molecule has 2 atom stereocenters. The predicted molar refractivity (Wildman–Crippen MR) is 78.0 cm³/mol. The van der Waals surface area contributed by atoms with Gasteiger partial charge in [0.05, 0.1) is 0 Å². The summed E-state index contributed by atoms with van der Waals surface area (Å²) in [5.74, 6) is 0.852. The van der Waals surface area contributed by atoms with Crippen molar-refractivity contribution in [1.82, 2.24) is 10.2 Å². The second-order valence-electron chi connectivity index (χ2n) is 5.57. The topological polar surface area (TPSA) is 15.3 Å². The molecule has 100 valence electrons. The standard InChI is InChI=1S/C15H23ClN2/c1-12-7-8-17-14(9-12)11-18(2)10-13-5-3-4-6-15(13)16/h3-6,12,14,17H,7-11H2,1-2H3. The number of nitrogens with zero attached hydrogens (tertiary/aromatic N) is 1. The summed E-state index contributed by atoms with van der Waals surface area (Å²) in [7, 11) is 2.17. The van der Waals surface area contributed by atoms with Crippen LogP contribution >= 0.6 is 11.6 Å². The highest BCUT2D eigenvalue weighted by Gasteiger charge is 2.19. The van der Waals surface area contributed by atoms with Gasteiger partial charge in [0.2, 0.25) is 0 Å². The Balaban J connectivity index is 1.85. The van der Waals surface area contributed by atoms with E-state index in [0.717, 1.165) is 30.6 Å². The molecule has 1 N–H and O–H groups in total. The molecule has 0 bridgehead atoms. The molecular weight excluding hydrogens is 244 g/mol. The van der Waals surface area contributed by atoms with E-state index < -0.39 is 0 Å². The minimum Gasteiger partial charge on any atom is -0.313 e. The number of halogens is 1. The maximum Gasteiger partial charge on any atom is 0.0451 e.